The molecule has 0 atom stereocenters. The van der Waals surface area contributed by atoms with Crippen LogP contribution in [-0.2, 0) is 0 Å². The van der Waals surface area contributed by atoms with E-state index in [1.54, 1.807) is 0 Å². The highest BCUT2D eigenvalue weighted by atomic mass is 14.8. The Morgan fingerprint density at radius 1 is 1.47 bits per heavy atom. The smallest absolute Gasteiger partial charge is 0.0997 e. The van der Waals surface area contributed by atoms with Gasteiger partial charge in [0, 0.05) is 6.54 Å². The van der Waals surface area contributed by atoms with E-state index in [2.05, 4.69) is 24.4 Å². The molecule has 0 saturated heterocycles. The zero-order valence-electron chi connectivity index (χ0n) is 9.25. The molecule has 0 heterocycles. The predicted octanol–water partition coefficient (Wildman–Crippen LogP) is 2.57. The molecule has 0 spiro atoms. The second-order valence-electron chi connectivity index (χ2n) is 3.39. The van der Waals surface area contributed by atoms with Crippen LogP contribution < -0.4 is 5.32 Å². The first-order chi connectivity index (χ1) is 7.31. The maximum Gasteiger partial charge on any atom is 0.0997 e. The highest BCUT2D eigenvalue weighted by Gasteiger charge is 1.99. The molecule has 2 heteroatoms. The summed E-state index contributed by atoms with van der Waals surface area (Å²) in [4.78, 5) is 0. The van der Waals surface area contributed by atoms with Gasteiger partial charge >= 0.3 is 0 Å². The quantitative estimate of drug-likeness (QED) is 0.810. The van der Waals surface area contributed by atoms with Gasteiger partial charge in [-0.2, -0.15) is 5.26 Å². The molecule has 1 aromatic rings. The molecule has 15 heavy (non-hydrogen) atoms. The number of benzene rings is 1. The molecule has 0 bridgehead atoms. The monoisotopic (exact) mass is 200 g/mol. The van der Waals surface area contributed by atoms with Crippen molar-refractivity contribution in [3.8, 4) is 6.07 Å². The molecule has 0 aromatic heterocycles. The van der Waals surface area contributed by atoms with E-state index in [1.165, 1.54) is 5.57 Å². The average Bonchev–Trinajstić information content (AvgIpc) is 2.29. The molecular weight excluding hydrogens is 184 g/mol. The summed E-state index contributed by atoms with van der Waals surface area (Å²) in [5.74, 6) is 0. The molecule has 1 aromatic carbocycles. The zero-order chi connectivity index (χ0) is 11.1. The van der Waals surface area contributed by atoms with Gasteiger partial charge in [-0.1, -0.05) is 36.8 Å². The molecule has 0 aliphatic heterocycles. The van der Waals surface area contributed by atoms with E-state index in [0.717, 1.165) is 24.1 Å². The fraction of sp³-hybridized carbons (Fsp3) is 0.308. The summed E-state index contributed by atoms with van der Waals surface area (Å²) in [6.07, 6.45) is 3.09. The zero-order valence-corrected chi connectivity index (χ0v) is 9.25. The topological polar surface area (TPSA) is 35.8 Å². The van der Waals surface area contributed by atoms with Gasteiger partial charge in [-0.15, -0.1) is 0 Å². The van der Waals surface area contributed by atoms with Crippen LogP contribution in [0.5, 0.6) is 0 Å². The van der Waals surface area contributed by atoms with Crippen molar-refractivity contribution in [2.45, 2.75) is 13.3 Å². The van der Waals surface area contributed by atoms with Gasteiger partial charge in [0.05, 0.1) is 11.6 Å². The number of likely N-dealkylation sites (N-methyl/N-ethyl adjacent to an activating group) is 1. The number of nitriles is 1. The molecule has 0 saturated carbocycles. The third kappa shape index (κ3) is 3.23. The minimum atomic E-state index is 0.736. The van der Waals surface area contributed by atoms with Gasteiger partial charge < -0.3 is 5.32 Å². The molecule has 0 aliphatic carbocycles. The Morgan fingerprint density at radius 3 is 2.80 bits per heavy atom. The van der Waals surface area contributed by atoms with Gasteiger partial charge in [-0.25, -0.2) is 0 Å². The summed E-state index contributed by atoms with van der Waals surface area (Å²) in [7, 11) is 1.93. The molecular formula is C13H16N2. The molecule has 0 unspecified atom stereocenters. The summed E-state index contributed by atoms with van der Waals surface area (Å²) in [6.45, 7) is 2.99. The lowest BCUT2D eigenvalue weighted by Crippen LogP contribution is -2.09. The fourth-order valence-electron chi connectivity index (χ4n) is 1.45. The fourth-order valence-corrected chi connectivity index (χ4v) is 1.45. The second-order valence-corrected chi connectivity index (χ2v) is 3.39. The van der Waals surface area contributed by atoms with Crippen molar-refractivity contribution in [3.05, 3.63) is 41.0 Å². The van der Waals surface area contributed by atoms with E-state index in [1.807, 2.05) is 31.3 Å². The molecule has 0 amide bonds. The molecule has 1 rings (SSSR count). The lowest BCUT2D eigenvalue weighted by molar-refractivity contribution is 0.851. The summed E-state index contributed by atoms with van der Waals surface area (Å²) in [5, 5.41) is 12.1. The molecule has 0 radical (unpaired) electrons. The largest absolute Gasteiger partial charge is 0.316 e. The first-order valence-corrected chi connectivity index (χ1v) is 5.15. The van der Waals surface area contributed by atoms with Crippen molar-refractivity contribution < 1.29 is 0 Å². The molecule has 2 nitrogen and oxygen atoms in total. The Balaban J connectivity index is 3.00. The summed E-state index contributed by atoms with van der Waals surface area (Å²) in [6, 6.07) is 9.87. The minimum Gasteiger partial charge on any atom is -0.316 e. The van der Waals surface area contributed by atoms with Crippen LogP contribution in [0.1, 0.15) is 24.5 Å². The van der Waals surface area contributed by atoms with Gasteiger partial charge in [-0.05, 0) is 25.1 Å². The van der Waals surface area contributed by atoms with Crippen LogP contribution in [0.3, 0.4) is 0 Å². The van der Waals surface area contributed by atoms with E-state index in [0.29, 0.717) is 0 Å². The van der Waals surface area contributed by atoms with Crippen LogP contribution in [0.4, 0.5) is 0 Å². The van der Waals surface area contributed by atoms with Crippen LogP contribution in [0.25, 0.3) is 6.08 Å². The van der Waals surface area contributed by atoms with Gasteiger partial charge in [0.2, 0.25) is 0 Å². The van der Waals surface area contributed by atoms with Crippen molar-refractivity contribution in [1.29, 1.82) is 5.26 Å². The third-order valence-corrected chi connectivity index (χ3v) is 2.30. The van der Waals surface area contributed by atoms with Crippen LogP contribution in [0, 0.1) is 11.3 Å². The molecule has 0 aliphatic rings. The SMILES string of the molecule is CC/C(=C/c1ccccc1C#N)CNC. The number of nitrogens with zero attached hydrogens (tertiary/aromatic N) is 1. The maximum atomic E-state index is 8.94. The van der Waals surface area contributed by atoms with Crippen molar-refractivity contribution in [3.63, 3.8) is 0 Å². The van der Waals surface area contributed by atoms with Crippen molar-refractivity contribution in [2.75, 3.05) is 13.6 Å². The Kier molecular flexibility index (Phi) is 4.59. The van der Waals surface area contributed by atoms with Crippen LogP contribution >= 0.6 is 0 Å². The Morgan fingerprint density at radius 2 is 2.20 bits per heavy atom. The normalized spacial score (nSPS) is 11.1. The Hall–Kier alpha value is -1.59. The van der Waals surface area contributed by atoms with Crippen molar-refractivity contribution in [2.24, 2.45) is 0 Å². The van der Waals surface area contributed by atoms with Crippen molar-refractivity contribution >= 4 is 6.08 Å². The first kappa shape index (κ1) is 11.5. The third-order valence-electron chi connectivity index (χ3n) is 2.30. The Labute approximate surface area is 91.2 Å². The summed E-state index contributed by atoms with van der Waals surface area (Å²) < 4.78 is 0. The highest BCUT2D eigenvalue weighted by Crippen LogP contribution is 2.13. The minimum absolute atomic E-state index is 0.736. The lowest BCUT2D eigenvalue weighted by atomic mass is 10.0. The molecule has 0 fully saturated rings. The summed E-state index contributed by atoms with van der Waals surface area (Å²) >= 11 is 0. The summed E-state index contributed by atoms with van der Waals surface area (Å²) in [5.41, 5.74) is 3.05. The molecule has 78 valence electrons. The number of rotatable bonds is 4. The number of nitrogens with one attached hydrogen (secondary N) is 1. The standard InChI is InChI=1S/C13H16N2/c1-3-11(10-15-2)8-12-6-4-5-7-13(12)9-14/h4-8,15H,3,10H2,1-2H3/b11-8-. The number of hydrogen-bond acceptors (Lipinski definition) is 2. The van der Waals surface area contributed by atoms with Gasteiger partial charge in [0.1, 0.15) is 0 Å². The van der Waals surface area contributed by atoms with E-state index in [9.17, 15) is 0 Å². The maximum absolute atomic E-state index is 8.94. The van der Waals surface area contributed by atoms with Crippen LogP contribution in [0.15, 0.2) is 29.8 Å². The van der Waals surface area contributed by atoms with E-state index < -0.39 is 0 Å². The lowest BCUT2D eigenvalue weighted by Gasteiger charge is -2.04. The van der Waals surface area contributed by atoms with Gasteiger partial charge in [-0.3, -0.25) is 0 Å². The second kappa shape index (κ2) is 6.00. The van der Waals surface area contributed by atoms with Gasteiger partial charge in [0.25, 0.3) is 0 Å². The average molecular weight is 200 g/mol. The van der Waals surface area contributed by atoms with Crippen molar-refractivity contribution in [1.82, 2.24) is 5.32 Å². The van der Waals surface area contributed by atoms with Crippen LogP contribution in [0.2, 0.25) is 0 Å². The van der Waals surface area contributed by atoms with E-state index in [-0.39, 0.29) is 0 Å². The molecule has 1 N–H and O–H groups in total. The number of hydrogen-bond donors (Lipinski definition) is 1. The van der Waals surface area contributed by atoms with Gasteiger partial charge in [0.15, 0.2) is 0 Å². The Bertz CT molecular complexity index is 386. The van der Waals surface area contributed by atoms with Crippen LogP contribution in [-0.4, -0.2) is 13.6 Å². The van der Waals surface area contributed by atoms with E-state index >= 15 is 0 Å². The predicted molar refractivity (Wildman–Crippen MR) is 63.4 cm³/mol. The highest BCUT2D eigenvalue weighted by molar-refractivity contribution is 5.60. The van der Waals surface area contributed by atoms with E-state index in [4.69, 9.17) is 5.26 Å². The first-order valence-electron chi connectivity index (χ1n) is 5.15.